The molecule has 0 aliphatic heterocycles. The summed E-state index contributed by atoms with van der Waals surface area (Å²) in [7, 11) is 0. The van der Waals surface area contributed by atoms with Crippen LogP contribution in [0.15, 0.2) is 121 Å². The van der Waals surface area contributed by atoms with Crippen LogP contribution in [0.3, 0.4) is 0 Å². The van der Waals surface area contributed by atoms with Gasteiger partial charge in [-0.25, -0.2) is 4.98 Å². The summed E-state index contributed by atoms with van der Waals surface area (Å²) < 4.78 is 149. The van der Waals surface area contributed by atoms with Gasteiger partial charge in [-0.05, 0) is 127 Å². The smallest absolute Gasteiger partial charge is 0.148 e. The van der Waals surface area contributed by atoms with Gasteiger partial charge >= 0.3 is 0 Å². The Morgan fingerprint density at radius 2 is 1.32 bits per heavy atom. The van der Waals surface area contributed by atoms with Crippen molar-refractivity contribution in [3.05, 3.63) is 166 Å². The maximum Gasteiger partial charge on any atom is 0.148 e. The van der Waals surface area contributed by atoms with Crippen LogP contribution in [0.5, 0.6) is 5.75 Å². The summed E-state index contributed by atoms with van der Waals surface area (Å²) >= 11 is 0. The minimum Gasteiger partial charge on any atom is -0.507 e. The van der Waals surface area contributed by atoms with E-state index in [1.165, 1.54) is 18.3 Å². The molecule has 5 heteroatoms. The molecule has 0 spiro atoms. The van der Waals surface area contributed by atoms with Gasteiger partial charge in [0.1, 0.15) is 11.6 Å². The van der Waals surface area contributed by atoms with E-state index in [-0.39, 0.29) is 72.8 Å². The van der Waals surface area contributed by atoms with Crippen LogP contribution in [0.4, 0.5) is 0 Å². The SMILES string of the molecule is [2H]c1c([2H])c(C(C([2H])([2H])[2H])(C([2H])([2H])[2H])C([2H])([2H])[2H])c([2H])c([2H])c1-c1ccnc(-c2[c-]c(-c3cccc4c3nc(-c3cc(C(C)C)cc(C(C)C)c3O)n4-c3ccc(-c4cc(C(C)C)cc(C([2H])(C)C)c4)cc3C([2H])([2H])[2H])cc(C(C)(C)C)c2)c1.[Pt]. The Labute approximate surface area is 445 Å². The molecule has 0 unspecified atom stereocenters. The molecule has 0 aliphatic carbocycles. The number of phenols is 1. The van der Waals surface area contributed by atoms with Gasteiger partial charge in [0.25, 0.3) is 0 Å². The van der Waals surface area contributed by atoms with E-state index < -0.39 is 73.9 Å². The van der Waals surface area contributed by atoms with Crippen molar-refractivity contribution < 1.29 is 49.5 Å². The van der Waals surface area contributed by atoms with Crippen molar-refractivity contribution in [2.24, 2.45) is 0 Å². The molecule has 2 aromatic heterocycles. The Kier molecular flexibility index (Phi) is 9.23. The molecule has 8 rings (SSSR count). The molecule has 0 radical (unpaired) electrons. The van der Waals surface area contributed by atoms with Gasteiger partial charge in [-0.1, -0.05) is 181 Å². The van der Waals surface area contributed by atoms with Gasteiger partial charge in [0.05, 0.1) is 27.8 Å². The molecule has 8 aromatic rings. The predicted octanol–water partition coefficient (Wildman–Crippen LogP) is 17.7. The molecule has 0 atom stereocenters. The van der Waals surface area contributed by atoms with E-state index in [2.05, 4.69) is 38.7 Å². The topological polar surface area (TPSA) is 50.9 Å². The summed E-state index contributed by atoms with van der Waals surface area (Å²) in [5, 5.41) is 12.4. The van der Waals surface area contributed by atoms with E-state index in [0.717, 1.165) is 27.8 Å². The average molecular weight is 1100 g/mol. The van der Waals surface area contributed by atoms with Crippen molar-refractivity contribution in [3.8, 4) is 67.5 Å². The quantitative estimate of drug-likeness (QED) is 0.139. The number of aromatic hydroxyl groups is 1. The first-order valence-electron chi connectivity index (χ1n) is 31.4. The second-order valence-electron chi connectivity index (χ2n) is 19.9. The Morgan fingerprint density at radius 1 is 0.647 bits per heavy atom. The normalized spacial score (nSPS) is 16.8. The fraction of sp³-hybridized carbons (Fsp3) is 0.333. The fourth-order valence-corrected chi connectivity index (χ4v) is 8.38. The van der Waals surface area contributed by atoms with Crippen molar-refractivity contribution >= 4 is 11.0 Å². The molecular weight excluding hydrogens is 1010 g/mol. The molecular formula is C63H70N3OPt-. The van der Waals surface area contributed by atoms with Gasteiger partial charge in [0.15, 0.2) is 0 Å². The number of pyridine rings is 1. The molecule has 0 amide bonds. The van der Waals surface area contributed by atoms with Crippen LogP contribution in [0, 0.1) is 12.9 Å². The molecule has 1 N–H and O–H groups in total. The van der Waals surface area contributed by atoms with Crippen molar-refractivity contribution in [3.63, 3.8) is 0 Å². The number of imidazole rings is 1. The summed E-state index contributed by atoms with van der Waals surface area (Å²) in [5.41, 5.74) is 3.15. The summed E-state index contributed by atoms with van der Waals surface area (Å²) in [6.45, 7) is 7.72. The molecule has 6 aromatic carbocycles. The van der Waals surface area contributed by atoms with E-state index in [1.807, 2.05) is 115 Å². The number of hydrogen-bond acceptors (Lipinski definition) is 3. The second kappa shape index (κ2) is 19.4. The van der Waals surface area contributed by atoms with Gasteiger partial charge in [-0.15, -0.1) is 29.3 Å². The number of benzene rings is 6. The number of para-hydroxylation sites is 1. The third-order valence-electron chi connectivity index (χ3n) is 12.5. The van der Waals surface area contributed by atoms with Crippen molar-refractivity contribution in [2.45, 2.75) is 138 Å². The minimum atomic E-state index is -3.84. The number of phenolic OH excluding ortho intramolecular Hbond substituents is 1. The number of hydrogen-bond donors (Lipinski definition) is 1. The number of aromatic nitrogens is 3. The summed E-state index contributed by atoms with van der Waals surface area (Å²) in [5.74, 6) is -0.631. The first-order chi connectivity index (χ1) is 38.5. The monoisotopic (exact) mass is 1100 g/mol. The van der Waals surface area contributed by atoms with Gasteiger partial charge in [0, 0.05) is 50.8 Å². The van der Waals surface area contributed by atoms with E-state index in [9.17, 15) is 5.11 Å². The molecule has 0 saturated carbocycles. The van der Waals surface area contributed by atoms with Crippen molar-refractivity contribution in [1.29, 1.82) is 0 Å². The zero-order valence-electron chi connectivity index (χ0n) is 57.6. The van der Waals surface area contributed by atoms with E-state index in [4.69, 9.17) is 28.3 Å². The largest absolute Gasteiger partial charge is 0.507 e. The Bertz CT molecular complexity index is 3810. The van der Waals surface area contributed by atoms with E-state index in [1.54, 1.807) is 16.7 Å². The van der Waals surface area contributed by atoms with Crippen LogP contribution in [0.25, 0.3) is 72.7 Å². The second-order valence-corrected chi connectivity index (χ2v) is 19.9. The summed E-state index contributed by atoms with van der Waals surface area (Å²) in [6, 6.07) is 27.0. The molecule has 0 saturated heterocycles. The number of nitrogens with zero attached hydrogens (tertiary/aromatic N) is 3. The van der Waals surface area contributed by atoms with Crippen molar-refractivity contribution in [2.75, 3.05) is 0 Å². The third kappa shape index (κ3) is 10.1. The fourth-order valence-electron chi connectivity index (χ4n) is 8.38. The average Bonchev–Trinajstić information content (AvgIpc) is 0.946. The Hall–Kier alpha value is -5.57. The zero-order valence-corrected chi connectivity index (χ0v) is 42.8. The van der Waals surface area contributed by atoms with E-state index >= 15 is 0 Å². The maximum atomic E-state index is 12.4. The molecule has 354 valence electrons. The van der Waals surface area contributed by atoms with Gasteiger partial charge in [0.2, 0.25) is 0 Å². The van der Waals surface area contributed by atoms with Crippen LogP contribution in [0.1, 0.15) is 183 Å². The standard InChI is InChI=1S/C63H70N3O.Pt/c1-37(2)45-28-46(38(3)4)30-48(29-45)43-21-24-57(41(9)27-43)66-58-18-16-17-53(59(58)65-61(66)55-35-47(39(5)6)34-54(40(7)8)60(55)67)49-31-50(33-52(32-49)63(13,14)15)56-36-44(25-26-64-56)42-19-22-51(23-20-42)62(10,11)12;/h16-30,32-40,67H,1-15H3;/q-1;/i9D3,10D3,11D3,12D3,19D,20D,22D,23D,37D;. The minimum absolute atomic E-state index is 0. The zero-order chi connectivity index (χ0) is 62.7. The maximum absolute atomic E-state index is 12.4. The molecule has 0 fully saturated rings. The summed E-state index contributed by atoms with van der Waals surface area (Å²) in [4.78, 5) is 10.1. The molecule has 4 nitrogen and oxygen atoms in total. The van der Waals surface area contributed by atoms with Crippen LogP contribution in [-0.4, -0.2) is 19.6 Å². The van der Waals surface area contributed by atoms with Crippen LogP contribution in [-0.2, 0) is 31.9 Å². The van der Waals surface area contributed by atoms with Gasteiger partial charge in [-0.3, -0.25) is 9.55 Å². The Balaban J connectivity index is 0.0000104. The van der Waals surface area contributed by atoms with Crippen LogP contribution < -0.4 is 0 Å². The molecule has 0 aliphatic rings. The van der Waals surface area contributed by atoms with Crippen LogP contribution in [0.2, 0.25) is 0 Å². The van der Waals surface area contributed by atoms with Gasteiger partial charge in [-0.2, -0.15) is 0 Å². The first-order valence-corrected chi connectivity index (χ1v) is 22.9. The molecule has 68 heavy (non-hydrogen) atoms. The Morgan fingerprint density at radius 3 is 1.97 bits per heavy atom. The van der Waals surface area contributed by atoms with Crippen LogP contribution >= 0.6 is 0 Å². The predicted molar refractivity (Wildman–Crippen MR) is 285 cm³/mol. The number of aryl methyl sites for hydroxylation is 1. The number of rotatable bonds is 10. The van der Waals surface area contributed by atoms with E-state index in [0.29, 0.717) is 50.1 Å². The third-order valence-corrected chi connectivity index (χ3v) is 12.5. The van der Waals surface area contributed by atoms with Crippen molar-refractivity contribution in [1.82, 2.24) is 14.5 Å². The van der Waals surface area contributed by atoms with Gasteiger partial charge < -0.3 is 5.11 Å². The number of fused-ring (bicyclic) bond motifs is 1. The summed E-state index contributed by atoms with van der Waals surface area (Å²) in [6.07, 6.45) is 1.38. The first kappa shape index (κ1) is 32.3. The molecule has 0 bridgehead atoms. The molecule has 2 heterocycles.